The minimum Gasteiger partial charge on any atom is -0.396 e. The Morgan fingerprint density at radius 1 is 1.67 bits per heavy atom. The van der Waals surface area contributed by atoms with Crippen LogP contribution in [0.2, 0.25) is 0 Å². The van der Waals surface area contributed by atoms with Crippen molar-refractivity contribution >= 4 is 12.6 Å². The van der Waals surface area contributed by atoms with E-state index in [-0.39, 0.29) is 6.61 Å². The lowest BCUT2D eigenvalue weighted by Crippen LogP contribution is -1.81. The molecular formula is C7H12OS. The Hall–Kier alpha value is -0.210. The first-order valence-electron chi connectivity index (χ1n) is 2.88. The summed E-state index contributed by atoms with van der Waals surface area (Å²) in [6.07, 6.45) is 4.52. The molecule has 0 heterocycles. The fourth-order valence-electron chi connectivity index (χ4n) is 0.467. The van der Waals surface area contributed by atoms with Crippen LogP contribution in [0.1, 0.15) is 13.3 Å². The van der Waals surface area contributed by atoms with E-state index >= 15 is 0 Å². The second-order valence-corrected chi connectivity index (χ2v) is 2.13. The van der Waals surface area contributed by atoms with Gasteiger partial charge in [-0.15, -0.1) is 0 Å². The molecule has 0 rings (SSSR count). The second kappa shape index (κ2) is 5.92. The molecule has 0 bridgehead atoms. The van der Waals surface area contributed by atoms with Crippen LogP contribution in [0.4, 0.5) is 0 Å². The molecule has 9 heavy (non-hydrogen) atoms. The predicted octanol–water partition coefficient (Wildman–Crippen LogP) is 1.76. The molecule has 0 saturated heterocycles. The van der Waals surface area contributed by atoms with Crippen molar-refractivity contribution in [3.8, 4) is 0 Å². The van der Waals surface area contributed by atoms with E-state index in [4.69, 9.17) is 5.11 Å². The maximum atomic E-state index is 8.45. The molecule has 0 aliphatic heterocycles. The number of aliphatic hydroxyl groups is 1. The van der Waals surface area contributed by atoms with Crippen molar-refractivity contribution in [1.82, 2.24) is 0 Å². The third kappa shape index (κ3) is 5.66. The molecule has 0 aromatic carbocycles. The number of hydrogen-bond acceptors (Lipinski definition) is 2. The molecule has 0 aliphatic carbocycles. The first-order valence-corrected chi connectivity index (χ1v) is 3.40. The van der Waals surface area contributed by atoms with Gasteiger partial charge in [0.05, 0.1) is 0 Å². The molecule has 0 amide bonds. The maximum Gasteiger partial charge on any atom is 0.0468 e. The minimum absolute atomic E-state index is 0.225. The number of thiol groups is 1. The van der Waals surface area contributed by atoms with Crippen LogP contribution in [-0.4, -0.2) is 11.7 Å². The first kappa shape index (κ1) is 8.79. The number of hydrogen-bond donors (Lipinski definition) is 2. The Balaban J connectivity index is 3.55. The molecule has 0 fully saturated rings. The monoisotopic (exact) mass is 144 g/mol. The van der Waals surface area contributed by atoms with Crippen LogP contribution in [0, 0.1) is 0 Å². The summed E-state index contributed by atoms with van der Waals surface area (Å²) in [7, 11) is 0. The van der Waals surface area contributed by atoms with E-state index < -0.39 is 0 Å². The van der Waals surface area contributed by atoms with Crippen molar-refractivity contribution in [3.63, 3.8) is 0 Å². The van der Waals surface area contributed by atoms with Crippen LogP contribution in [-0.2, 0) is 0 Å². The predicted molar refractivity (Wildman–Crippen MR) is 43.6 cm³/mol. The number of aliphatic hydroxyl groups excluding tert-OH is 1. The topological polar surface area (TPSA) is 20.2 Å². The smallest absolute Gasteiger partial charge is 0.0468 e. The molecule has 0 saturated carbocycles. The van der Waals surface area contributed by atoms with Crippen LogP contribution >= 0.6 is 12.6 Å². The summed E-state index contributed by atoms with van der Waals surface area (Å²) in [6.45, 7) is 2.20. The van der Waals surface area contributed by atoms with Gasteiger partial charge in [0.2, 0.25) is 0 Å². The van der Waals surface area contributed by atoms with Gasteiger partial charge in [-0.05, 0) is 18.8 Å². The van der Waals surface area contributed by atoms with Crippen molar-refractivity contribution in [1.29, 1.82) is 0 Å². The molecule has 1 nitrogen and oxygen atoms in total. The molecule has 52 valence electrons. The van der Waals surface area contributed by atoms with Crippen molar-refractivity contribution in [2.24, 2.45) is 0 Å². The summed E-state index contributed by atoms with van der Waals surface area (Å²) in [6, 6.07) is 0. The highest BCUT2D eigenvalue weighted by atomic mass is 32.1. The van der Waals surface area contributed by atoms with Gasteiger partial charge in [-0.2, -0.15) is 12.6 Å². The maximum absolute atomic E-state index is 8.45. The van der Waals surface area contributed by atoms with E-state index in [1.54, 1.807) is 5.41 Å². The minimum atomic E-state index is 0.225. The zero-order valence-corrected chi connectivity index (χ0v) is 6.44. The zero-order valence-electron chi connectivity index (χ0n) is 5.54. The van der Waals surface area contributed by atoms with Crippen molar-refractivity contribution < 1.29 is 5.11 Å². The lowest BCUT2D eigenvalue weighted by atomic mass is 10.2. The van der Waals surface area contributed by atoms with Crippen molar-refractivity contribution in [2.45, 2.75) is 13.3 Å². The fraction of sp³-hybridized carbons (Fsp3) is 0.429. The van der Waals surface area contributed by atoms with E-state index in [1.165, 1.54) is 5.57 Å². The third-order valence-electron chi connectivity index (χ3n) is 0.973. The molecule has 0 aliphatic rings. The van der Waals surface area contributed by atoms with Crippen molar-refractivity contribution in [3.05, 3.63) is 23.1 Å². The van der Waals surface area contributed by atoms with Gasteiger partial charge in [0.1, 0.15) is 0 Å². The molecule has 1 N–H and O–H groups in total. The summed E-state index contributed by atoms with van der Waals surface area (Å²) >= 11 is 3.88. The lowest BCUT2D eigenvalue weighted by Gasteiger charge is -1.91. The standard InChI is InChI=1S/C7H12OS/c1-7(4-5-8)3-2-6-9/h2-3,6,8-9H,4-5H2,1H3/b6-2-,7-3+. The van der Waals surface area contributed by atoms with Crippen LogP contribution in [0.25, 0.3) is 0 Å². The summed E-state index contributed by atoms with van der Waals surface area (Å²) < 4.78 is 0. The van der Waals surface area contributed by atoms with Crippen LogP contribution in [0.5, 0.6) is 0 Å². The van der Waals surface area contributed by atoms with Gasteiger partial charge >= 0.3 is 0 Å². The van der Waals surface area contributed by atoms with Gasteiger partial charge in [-0.3, -0.25) is 0 Å². The van der Waals surface area contributed by atoms with Crippen LogP contribution < -0.4 is 0 Å². The molecule has 0 unspecified atom stereocenters. The Bertz CT molecular complexity index is 116. The number of rotatable bonds is 3. The third-order valence-corrected chi connectivity index (χ3v) is 1.15. The summed E-state index contributed by atoms with van der Waals surface area (Å²) in [4.78, 5) is 0. The Kier molecular flexibility index (Phi) is 5.78. The van der Waals surface area contributed by atoms with Gasteiger partial charge in [0.25, 0.3) is 0 Å². The van der Waals surface area contributed by atoms with E-state index in [1.807, 2.05) is 19.1 Å². The Morgan fingerprint density at radius 3 is 2.78 bits per heavy atom. The first-order chi connectivity index (χ1) is 4.31. The van der Waals surface area contributed by atoms with E-state index in [0.717, 1.165) is 6.42 Å². The molecule has 0 radical (unpaired) electrons. The Morgan fingerprint density at radius 2 is 2.33 bits per heavy atom. The average Bonchev–Trinajstić information content (AvgIpc) is 1.85. The van der Waals surface area contributed by atoms with Gasteiger partial charge in [-0.25, -0.2) is 0 Å². The van der Waals surface area contributed by atoms with Gasteiger partial charge in [-0.1, -0.05) is 17.7 Å². The normalized spacial score (nSPS) is 13.0. The molecule has 0 aromatic heterocycles. The SMILES string of the molecule is C/C(=C\C=C/S)CCO. The number of allylic oxidation sites excluding steroid dienone is 2. The summed E-state index contributed by atoms with van der Waals surface area (Å²) in [5.74, 6) is 0. The Labute approximate surface area is 61.5 Å². The van der Waals surface area contributed by atoms with Crippen molar-refractivity contribution in [2.75, 3.05) is 6.61 Å². The largest absolute Gasteiger partial charge is 0.396 e. The highest BCUT2D eigenvalue weighted by Gasteiger charge is 1.82. The molecule has 2 heteroatoms. The van der Waals surface area contributed by atoms with Gasteiger partial charge in [0.15, 0.2) is 0 Å². The molecular weight excluding hydrogens is 132 g/mol. The van der Waals surface area contributed by atoms with Crippen LogP contribution in [0.15, 0.2) is 23.1 Å². The lowest BCUT2D eigenvalue weighted by molar-refractivity contribution is 0.299. The second-order valence-electron chi connectivity index (χ2n) is 1.83. The molecule has 0 aromatic rings. The van der Waals surface area contributed by atoms with Gasteiger partial charge in [0, 0.05) is 6.61 Å². The average molecular weight is 144 g/mol. The van der Waals surface area contributed by atoms with Crippen LogP contribution in [0.3, 0.4) is 0 Å². The highest BCUT2D eigenvalue weighted by molar-refractivity contribution is 7.83. The van der Waals surface area contributed by atoms with E-state index in [9.17, 15) is 0 Å². The van der Waals surface area contributed by atoms with E-state index in [0.29, 0.717) is 0 Å². The van der Waals surface area contributed by atoms with Gasteiger partial charge < -0.3 is 5.11 Å². The molecule has 0 atom stereocenters. The van der Waals surface area contributed by atoms with E-state index in [2.05, 4.69) is 12.6 Å². The zero-order chi connectivity index (χ0) is 7.11. The molecule has 0 spiro atoms. The fourth-order valence-corrected chi connectivity index (χ4v) is 0.553. The quantitative estimate of drug-likeness (QED) is 0.457. The highest BCUT2D eigenvalue weighted by Crippen LogP contribution is 1.97. The summed E-state index contributed by atoms with van der Waals surface area (Å²) in [5.41, 5.74) is 1.17. The summed E-state index contributed by atoms with van der Waals surface area (Å²) in [5, 5.41) is 10.1.